The molecule has 3 rings (SSSR count). The van der Waals surface area contributed by atoms with E-state index in [0.717, 1.165) is 30.5 Å². The van der Waals surface area contributed by atoms with Crippen molar-refractivity contribution in [2.75, 3.05) is 6.54 Å². The fraction of sp³-hybridized carbons (Fsp3) is 0.389. The van der Waals surface area contributed by atoms with Crippen LogP contribution < -0.4 is 16.0 Å². The van der Waals surface area contributed by atoms with Crippen LogP contribution in [0.25, 0.3) is 0 Å². The molecule has 3 N–H and O–H groups in total. The molecule has 1 saturated heterocycles. The van der Waals surface area contributed by atoms with Crippen molar-refractivity contribution in [2.24, 2.45) is 0 Å². The van der Waals surface area contributed by atoms with Gasteiger partial charge in [-0.1, -0.05) is 24.3 Å². The first-order chi connectivity index (χ1) is 12.2. The zero-order valence-corrected chi connectivity index (χ0v) is 14.1. The van der Waals surface area contributed by atoms with Crippen LogP contribution in [0.5, 0.6) is 0 Å². The first-order valence-electron chi connectivity index (χ1n) is 8.58. The molecule has 132 valence electrons. The van der Waals surface area contributed by atoms with Crippen molar-refractivity contribution in [3.63, 3.8) is 0 Å². The molecule has 1 fully saturated rings. The van der Waals surface area contributed by atoms with Gasteiger partial charge in [-0.3, -0.25) is 9.48 Å². The van der Waals surface area contributed by atoms with Crippen LogP contribution in [0.2, 0.25) is 0 Å². The predicted molar refractivity (Wildman–Crippen MR) is 93.8 cm³/mol. The van der Waals surface area contributed by atoms with Gasteiger partial charge in [0.1, 0.15) is 6.04 Å². The van der Waals surface area contributed by atoms with Crippen LogP contribution >= 0.6 is 0 Å². The number of amides is 3. The zero-order valence-electron chi connectivity index (χ0n) is 14.1. The lowest BCUT2D eigenvalue weighted by atomic mass is 10.1. The number of urea groups is 1. The molecule has 7 heteroatoms. The summed E-state index contributed by atoms with van der Waals surface area (Å²) in [4.78, 5) is 23.8. The molecule has 3 amide bonds. The molecule has 1 aliphatic rings. The second-order valence-corrected chi connectivity index (χ2v) is 6.19. The molecular formula is C18H23N5O2. The highest BCUT2D eigenvalue weighted by atomic mass is 16.2. The highest BCUT2D eigenvalue weighted by Crippen LogP contribution is 2.07. The molecule has 2 heterocycles. The summed E-state index contributed by atoms with van der Waals surface area (Å²) < 4.78 is 1.86. The average molecular weight is 341 g/mol. The first-order valence-corrected chi connectivity index (χ1v) is 8.58. The van der Waals surface area contributed by atoms with E-state index in [1.165, 1.54) is 0 Å². The Morgan fingerprint density at radius 2 is 2.04 bits per heavy atom. The second kappa shape index (κ2) is 8.32. The van der Waals surface area contributed by atoms with E-state index >= 15 is 0 Å². The molecule has 2 aromatic rings. The summed E-state index contributed by atoms with van der Waals surface area (Å²) in [6.07, 6.45) is 6.24. The van der Waals surface area contributed by atoms with Crippen molar-refractivity contribution in [1.29, 1.82) is 0 Å². The van der Waals surface area contributed by atoms with Gasteiger partial charge in [0.25, 0.3) is 0 Å². The summed E-state index contributed by atoms with van der Waals surface area (Å²) in [5.41, 5.74) is 2.15. The Kier molecular flexibility index (Phi) is 5.66. The lowest BCUT2D eigenvalue weighted by Gasteiger charge is -2.15. The summed E-state index contributed by atoms with van der Waals surface area (Å²) in [5.74, 6) is -0.101. The predicted octanol–water partition coefficient (Wildman–Crippen LogP) is 1.40. The topological polar surface area (TPSA) is 88.1 Å². The van der Waals surface area contributed by atoms with Gasteiger partial charge in [0.05, 0.1) is 6.54 Å². The Morgan fingerprint density at radius 1 is 1.24 bits per heavy atom. The summed E-state index contributed by atoms with van der Waals surface area (Å²) >= 11 is 0. The quantitative estimate of drug-likeness (QED) is 0.768. The van der Waals surface area contributed by atoms with E-state index in [-0.39, 0.29) is 11.9 Å². The van der Waals surface area contributed by atoms with Crippen molar-refractivity contribution in [1.82, 2.24) is 25.7 Å². The highest BCUT2D eigenvalue weighted by Gasteiger charge is 2.21. The molecule has 1 aromatic heterocycles. The fourth-order valence-electron chi connectivity index (χ4n) is 2.81. The molecule has 0 radical (unpaired) electrons. The maximum Gasteiger partial charge on any atom is 0.315 e. The van der Waals surface area contributed by atoms with Gasteiger partial charge in [-0.05, 0) is 36.5 Å². The maximum absolute atomic E-state index is 12.0. The van der Waals surface area contributed by atoms with Crippen LogP contribution in [0.4, 0.5) is 4.79 Å². The monoisotopic (exact) mass is 341 g/mol. The summed E-state index contributed by atoms with van der Waals surface area (Å²) in [5, 5.41) is 12.5. The molecule has 0 unspecified atom stereocenters. The molecule has 0 spiro atoms. The Labute approximate surface area is 146 Å². The highest BCUT2D eigenvalue weighted by molar-refractivity contribution is 5.87. The average Bonchev–Trinajstić information content (AvgIpc) is 3.04. The number of carbonyl (C=O) groups is 2. The standard InChI is InChI=1S/C18H23N5O2/c24-17-16(4-1-2-9-19-17)22-18(25)20-12-14-5-7-15(8-6-14)13-23-11-3-10-21-23/h3,5-8,10-11,16H,1-2,4,9,12-13H2,(H,19,24)(H2,20,22,25)/t16-/m1/s1. The molecule has 1 atom stereocenters. The number of benzene rings is 1. The van der Waals surface area contributed by atoms with Crippen molar-refractivity contribution < 1.29 is 9.59 Å². The maximum atomic E-state index is 12.0. The first kappa shape index (κ1) is 17.0. The molecule has 7 nitrogen and oxygen atoms in total. The van der Waals surface area contributed by atoms with Crippen LogP contribution in [0.1, 0.15) is 30.4 Å². The van der Waals surface area contributed by atoms with Crippen LogP contribution in [0.15, 0.2) is 42.7 Å². The van der Waals surface area contributed by atoms with E-state index in [1.807, 2.05) is 41.2 Å². The van der Waals surface area contributed by atoms with Gasteiger partial charge >= 0.3 is 6.03 Å². The number of carbonyl (C=O) groups excluding carboxylic acids is 2. The van der Waals surface area contributed by atoms with Gasteiger partial charge in [-0.15, -0.1) is 0 Å². The normalized spacial score (nSPS) is 17.4. The van der Waals surface area contributed by atoms with Crippen LogP contribution in [0, 0.1) is 0 Å². The third-order valence-electron chi connectivity index (χ3n) is 4.22. The van der Waals surface area contributed by atoms with Gasteiger partial charge in [0.15, 0.2) is 0 Å². The van der Waals surface area contributed by atoms with Crippen LogP contribution in [-0.4, -0.2) is 34.3 Å². The second-order valence-electron chi connectivity index (χ2n) is 6.19. The van der Waals surface area contributed by atoms with Gasteiger partial charge < -0.3 is 16.0 Å². The van der Waals surface area contributed by atoms with Gasteiger partial charge in [0, 0.05) is 25.5 Å². The van der Waals surface area contributed by atoms with Crippen molar-refractivity contribution in [2.45, 2.75) is 38.4 Å². The summed E-state index contributed by atoms with van der Waals surface area (Å²) in [7, 11) is 0. The minimum atomic E-state index is -0.445. The van der Waals surface area contributed by atoms with E-state index in [1.54, 1.807) is 6.20 Å². The lowest BCUT2D eigenvalue weighted by Crippen LogP contribution is -2.48. The number of hydrogen-bond acceptors (Lipinski definition) is 3. The molecular weight excluding hydrogens is 318 g/mol. The number of aromatic nitrogens is 2. The molecule has 1 aliphatic heterocycles. The Morgan fingerprint density at radius 3 is 2.80 bits per heavy atom. The van der Waals surface area contributed by atoms with E-state index in [0.29, 0.717) is 19.5 Å². The molecule has 1 aromatic carbocycles. The molecule has 0 bridgehead atoms. The lowest BCUT2D eigenvalue weighted by molar-refractivity contribution is -0.122. The molecule has 25 heavy (non-hydrogen) atoms. The number of nitrogens with zero attached hydrogens (tertiary/aromatic N) is 2. The summed E-state index contributed by atoms with van der Waals surface area (Å²) in [6, 6.07) is 9.15. The van der Waals surface area contributed by atoms with Crippen LogP contribution in [0.3, 0.4) is 0 Å². The van der Waals surface area contributed by atoms with Crippen molar-refractivity contribution >= 4 is 11.9 Å². The van der Waals surface area contributed by atoms with Crippen LogP contribution in [-0.2, 0) is 17.9 Å². The van der Waals surface area contributed by atoms with E-state index in [9.17, 15) is 9.59 Å². The van der Waals surface area contributed by atoms with Crippen molar-refractivity contribution in [3.05, 3.63) is 53.9 Å². The van der Waals surface area contributed by atoms with Gasteiger partial charge in [-0.2, -0.15) is 5.10 Å². The fourth-order valence-corrected chi connectivity index (χ4v) is 2.81. The van der Waals surface area contributed by atoms with Gasteiger partial charge in [-0.25, -0.2) is 4.79 Å². The number of rotatable bonds is 5. The SMILES string of the molecule is O=C(NCc1ccc(Cn2cccn2)cc1)N[C@@H]1CCCCNC1=O. The minimum Gasteiger partial charge on any atom is -0.354 e. The zero-order chi connectivity index (χ0) is 17.5. The third-order valence-corrected chi connectivity index (χ3v) is 4.22. The summed E-state index contributed by atoms with van der Waals surface area (Å²) in [6.45, 7) is 1.82. The van der Waals surface area contributed by atoms with E-state index in [4.69, 9.17) is 0 Å². The molecule has 0 aliphatic carbocycles. The van der Waals surface area contributed by atoms with E-state index in [2.05, 4.69) is 21.0 Å². The number of hydrogen-bond donors (Lipinski definition) is 3. The van der Waals surface area contributed by atoms with E-state index < -0.39 is 6.04 Å². The Hall–Kier alpha value is -2.83. The Balaban J connectivity index is 1.46. The largest absolute Gasteiger partial charge is 0.354 e. The van der Waals surface area contributed by atoms with Crippen molar-refractivity contribution in [3.8, 4) is 0 Å². The smallest absolute Gasteiger partial charge is 0.315 e. The molecule has 0 saturated carbocycles. The third kappa shape index (κ3) is 5.07. The Bertz CT molecular complexity index is 697. The van der Waals surface area contributed by atoms with Gasteiger partial charge in [0.2, 0.25) is 5.91 Å². The number of nitrogens with one attached hydrogen (secondary N) is 3. The minimum absolute atomic E-state index is 0.101.